The van der Waals surface area contributed by atoms with Gasteiger partial charge in [0.2, 0.25) is 0 Å². The Morgan fingerprint density at radius 2 is 2.17 bits per heavy atom. The highest BCUT2D eigenvalue weighted by atomic mass is 79.9. The minimum Gasteiger partial charge on any atom is -0.397 e. The number of halogens is 3. The molecule has 94 valence electrons. The number of nitrogen functional groups attached to an aromatic ring is 1. The van der Waals surface area contributed by atoms with Crippen LogP contribution < -0.4 is 11.1 Å². The third-order valence-electron chi connectivity index (χ3n) is 2.48. The second-order valence-electron chi connectivity index (χ2n) is 3.75. The van der Waals surface area contributed by atoms with Crippen molar-refractivity contribution in [3.8, 4) is 0 Å². The second-order valence-corrected chi connectivity index (χ2v) is 4.98. The smallest absolute Gasteiger partial charge is 0.146 e. The molecule has 18 heavy (non-hydrogen) atoms. The average molecular weight is 331 g/mol. The van der Waals surface area contributed by atoms with Crippen molar-refractivity contribution < 1.29 is 4.39 Å². The van der Waals surface area contributed by atoms with Crippen molar-refractivity contribution in [2.75, 3.05) is 11.1 Å². The first-order chi connectivity index (χ1) is 8.49. The number of hydrogen-bond donors (Lipinski definition) is 2. The molecule has 3 N–H and O–H groups in total. The molecule has 3 nitrogen and oxygen atoms in total. The van der Waals surface area contributed by atoms with Crippen LogP contribution in [0.1, 0.15) is 5.56 Å². The lowest BCUT2D eigenvalue weighted by Crippen LogP contribution is -2.01. The van der Waals surface area contributed by atoms with Crippen molar-refractivity contribution >= 4 is 44.7 Å². The Balaban J connectivity index is 2.40. The highest BCUT2D eigenvalue weighted by Crippen LogP contribution is 2.31. The molecule has 0 unspecified atom stereocenters. The largest absolute Gasteiger partial charge is 0.397 e. The van der Waals surface area contributed by atoms with Crippen LogP contribution in [-0.2, 0) is 0 Å². The molecule has 0 aliphatic carbocycles. The van der Waals surface area contributed by atoms with Crippen molar-refractivity contribution in [2.24, 2.45) is 0 Å². The van der Waals surface area contributed by atoms with E-state index in [-0.39, 0.29) is 5.69 Å². The van der Waals surface area contributed by atoms with Crippen LogP contribution in [0.3, 0.4) is 0 Å². The van der Waals surface area contributed by atoms with Gasteiger partial charge in [-0.25, -0.2) is 9.37 Å². The predicted octanol–water partition coefficient (Wildman–Crippen LogP) is 4.27. The molecule has 1 aromatic heterocycles. The quantitative estimate of drug-likeness (QED) is 0.864. The molecular weight excluding hydrogens is 321 g/mol. The first-order valence-corrected chi connectivity index (χ1v) is 6.29. The number of pyridine rings is 1. The SMILES string of the molecule is Cc1c(N)cnc(Nc2cc(Cl)ccc2F)c1Br. The highest BCUT2D eigenvalue weighted by molar-refractivity contribution is 9.10. The minimum absolute atomic E-state index is 0.264. The van der Waals surface area contributed by atoms with Crippen LogP contribution in [0.4, 0.5) is 21.6 Å². The maximum Gasteiger partial charge on any atom is 0.146 e. The van der Waals surface area contributed by atoms with Crippen LogP contribution >= 0.6 is 27.5 Å². The van der Waals surface area contributed by atoms with E-state index >= 15 is 0 Å². The summed E-state index contributed by atoms with van der Waals surface area (Å²) in [4.78, 5) is 4.11. The van der Waals surface area contributed by atoms with Crippen LogP contribution in [0.15, 0.2) is 28.9 Å². The Morgan fingerprint density at radius 1 is 1.44 bits per heavy atom. The van der Waals surface area contributed by atoms with Gasteiger partial charge in [0.05, 0.1) is 22.0 Å². The average Bonchev–Trinajstić information content (AvgIpc) is 2.34. The Kier molecular flexibility index (Phi) is 3.73. The van der Waals surface area contributed by atoms with E-state index in [4.69, 9.17) is 17.3 Å². The molecule has 6 heteroatoms. The summed E-state index contributed by atoms with van der Waals surface area (Å²) in [5.74, 6) is 0.0884. The molecule has 2 aromatic rings. The van der Waals surface area contributed by atoms with Gasteiger partial charge >= 0.3 is 0 Å². The van der Waals surface area contributed by atoms with E-state index < -0.39 is 5.82 Å². The maximum absolute atomic E-state index is 13.6. The molecule has 0 saturated heterocycles. The molecule has 0 bridgehead atoms. The molecule has 0 atom stereocenters. The van der Waals surface area contributed by atoms with E-state index in [1.807, 2.05) is 6.92 Å². The molecular formula is C12H10BrClFN3. The summed E-state index contributed by atoms with van der Waals surface area (Å²) < 4.78 is 14.3. The minimum atomic E-state index is -0.400. The molecule has 0 fully saturated rings. The van der Waals surface area contributed by atoms with Crippen LogP contribution in [0.5, 0.6) is 0 Å². The van der Waals surface area contributed by atoms with Crippen LogP contribution in [0, 0.1) is 12.7 Å². The van der Waals surface area contributed by atoms with E-state index in [0.29, 0.717) is 21.0 Å². The fourth-order valence-corrected chi connectivity index (χ4v) is 2.00. The van der Waals surface area contributed by atoms with Gasteiger partial charge in [-0.3, -0.25) is 0 Å². The molecule has 2 rings (SSSR count). The van der Waals surface area contributed by atoms with E-state index in [1.54, 1.807) is 0 Å². The van der Waals surface area contributed by atoms with Crippen LogP contribution in [0.25, 0.3) is 0 Å². The molecule has 0 saturated carbocycles. The van der Waals surface area contributed by atoms with E-state index in [9.17, 15) is 4.39 Å². The van der Waals surface area contributed by atoms with E-state index in [0.717, 1.165) is 5.56 Å². The fraction of sp³-hybridized carbons (Fsp3) is 0.0833. The zero-order valence-corrected chi connectivity index (χ0v) is 11.8. The van der Waals surface area contributed by atoms with Crippen LogP contribution in [-0.4, -0.2) is 4.98 Å². The molecule has 0 radical (unpaired) electrons. The predicted molar refractivity (Wildman–Crippen MR) is 75.8 cm³/mol. The van der Waals surface area contributed by atoms with Crippen molar-refractivity contribution in [1.29, 1.82) is 0 Å². The summed E-state index contributed by atoms with van der Waals surface area (Å²) in [5, 5.41) is 3.32. The van der Waals surface area contributed by atoms with Crippen molar-refractivity contribution in [3.05, 3.63) is 45.3 Å². The maximum atomic E-state index is 13.6. The summed E-state index contributed by atoms with van der Waals surface area (Å²) in [6.07, 6.45) is 1.52. The molecule has 0 aliphatic rings. The lowest BCUT2D eigenvalue weighted by Gasteiger charge is -2.11. The number of nitrogens with one attached hydrogen (secondary N) is 1. The summed E-state index contributed by atoms with van der Waals surface area (Å²) in [6, 6.07) is 4.28. The molecule has 0 spiro atoms. The van der Waals surface area contributed by atoms with Crippen molar-refractivity contribution in [2.45, 2.75) is 6.92 Å². The first kappa shape index (κ1) is 13.1. The van der Waals surface area contributed by atoms with Crippen LogP contribution in [0.2, 0.25) is 5.02 Å². The third kappa shape index (κ3) is 2.57. The van der Waals surface area contributed by atoms with Gasteiger partial charge < -0.3 is 11.1 Å². The standard InChI is InChI=1S/C12H10BrClFN3/c1-6-9(16)5-17-12(11(6)13)18-10-4-7(14)2-3-8(10)15/h2-5H,16H2,1H3,(H,17,18). The first-order valence-electron chi connectivity index (χ1n) is 5.11. The van der Waals surface area contributed by atoms with Gasteiger partial charge in [-0.05, 0) is 46.6 Å². The Bertz CT molecular complexity index is 604. The number of rotatable bonds is 2. The van der Waals surface area contributed by atoms with Gasteiger partial charge in [0, 0.05) is 5.02 Å². The number of nitrogens with zero attached hydrogens (tertiary/aromatic N) is 1. The van der Waals surface area contributed by atoms with Gasteiger partial charge in [0.15, 0.2) is 0 Å². The topological polar surface area (TPSA) is 50.9 Å². The number of nitrogens with two attached hydrogens (primary N) is 1. The van der Waals surface area contributed by atoms with Gasteiger partial charge in [-0.15, -0.1) is 0 Å². The lowest BCUT2D eigenvalue weighted by molar-refractivity contribution is 0.632. The molecule has 1 aromatic carbocycles. The van der Waals surface area contributed by atoms with Gasteiger partial charge in [0.1, 0.15) is 11.6 Å². The van der Waals surface area contributed by atoms with Gasteiger partial charge in [-0.2, -0.15) is 0 Å². The van der Waals surface area contributed by atoms with E-state index in [1.165, 1.54) is 24.4 Å². The summed E-state index contributed by atoms with van der Waals surface area (Å²) in [7, 11) is 0. The number of benzene rings is 1. The zero-order chi connectivity index (χ0) is 13.3. The van der Waals surface area contributed by atoms with Crippen molar-refractivity contribution in [3.63, 3.8) is 0 Å². The fourth-order valence-electron chi connectivity index (χ4n) is 1.40. The monoisotopic (exact) mass is 329 g/mol. The summed E-state index contributed by atoms with van der Waals surface area (Å²) >= 11 is 9.19. The summed E-state index contributed by atoms with van der Waals surface area (Å²) in [5.41, 5.74) is 7.40. The third-order valence-corrected chi connectivity index (χ3v) is 3.69. The normalized spacial score (nSPS) is 10.4. The number of hydrogen-bond acceptors (Lipinski definition) is 3. The molecule has 0 amide bonds. The second kappa shape index (κ2) is 5.12. The number of anilines is 3. The Labute approximate surface area is 117 Å². The Hall–Kier alpha value is -1.33. The molecule has 1 heterocycles. The Morgan fingerprint density at radius 3 is 2.89 bits per heavy atom. The number of aromatic nitrogens is 1. The van der Waals surface area contributed by atoms with E-state index in [2.05, 4.69) is 26.2 Å². The van der Waals surface area contributed by atoms with Gasteiger partial charge in [0.25, 0.3) is 0 Å². The molecule has 0 aliphatic heterocycles. The highest BCUT2D eigenvalue weighted by Gasteiger charge is 2.10. The lowest BCUT2D eigenvalue weighted by atomic mass is 10.2. The van der Waals surface area contributed by atoms with Crippen molar-refractivity contribution in [1.82, 2.24) is 4.98 Å². The zero-order valence-electron chi connectivity index (χ0n) is 9.47. The summed E-state index contributed by atoms with van der Waals surface area (Å²) in [6.45, 7) is 1.85. The van der Waals surface area contributed by atoms with Gasteiger partial charge in [-0.1, -0.05) is 11.6 Å².